The molecule has 108 valence electrons. The Hall–Kier alpha value is -1.66. The van der Waals surface area contributed by atoms with Crippen LogP contribution in [0.1, 0.15) is 15.9 Å². The highest BCUT2D eigenvalue weighted by molar-refractivity contribution is 9.10. The van der Waals surface area contributed by atoms with Gasteiger partial charge in [-0.2, -0.15) is 5.10 Å². The van der Waals surface area contributed by atoms with Gasteiger partial charge in [0.05, 0.1) is 17.8 Å². The molecule has 0 fully saturated rings. The second-order valence-corrected chi connectivity index (χ2v) is 5.87. The lowest BCUT2D eigenvalue weighted by Gasteiger charge is -2.05. The number of benzene rings is 2. The summed E-state index contributed by atoms with van der Waals surface area (Å²) in [5.41, 5.74) is 3.87. The molecular formula is C15H12Br2N2O2. The summed E-state index contributed by atoms with van der Waals surface area (Å²) in [5, 5.41) is 3.94. The van der Waals surface area contributed by atoms with Gasteiger partial charge in [0.1, 0.15) is 5.75 Å². The monoisotopic (exact) mass is 410 g/mol. The van der Waals surface area contributed by atoms with Crippen LogP contribution in [0.3, 0.4) is 0 Å². The molecule has 0 unspecified atom stereocenters. The summed E-state index contributed by atoms with van der Waals surface area (Å²) >= 11 is 6.71. The molecule has 0 spiro atoms. The number of halogens is 2. The van der Waals surface area contributed by atoms with Crippen molar-refractivity contribution in [1.29, 1.82) is 0 Å². The third kappa shape index (κ3) is 4.41. The normalized spacial score (nSPS) is 10.6. The lowest BCUT2D eigenvalue weighted by molar-refractivity contribution is 0.0955. The molecule has 21 heavy (non-hydrogen) atoms. The van der Waals surface area contributed by atoms with E-state index in [1.807, 2.05) is 24.3 Å². The van der Waals surface area contributed by atoms with Gasteiger partial charge in [-0.1, -0.05) is 28.1 Å². The number of hydrogen-bond donors (Lipinski definition) is 1. The first-order chi connectivity index (χ1) is 10.1. The van der Waals surface area contributed by atoms with E-state index in [0.29, 0.717) is 15.8 Å². The zero-order chi connectivity index (χ0) is 15.2. The number of nitrogens with one attached hydrogen (secondary N) is 1. The van der Waals surface area contributed by atoms with Crippen molar-refractivity contribution in [3.63, 3.8) is 0 Å². The third-order valence-electron chi connectivity index (χ3n) is 2.64. The topological polar surface area (TPSA) is 50.7 Å². The molecule has 2 aromatic carbocycles. The predicted octanol–water partition coefficient (Wildman–Crippen LogP) is 3.98. The fourth-order valence-corrected chi connectivity index (χ4v) is 2.58. The van der Waals surface area contributed by atoms with Crippen LogP contribution in [0, 0.1) is 0 Å². The van der Waals surface area contributed by atoms with Gasteiger partial charge in [-0.15, -0.1) is 0 Å². The number of nitrogens with zero attached hydrogens (tertiary/aromatic N) is 1. The molecule has 4 nitrogen and oxygen atoms in total. The summed E-state index contributed by atoms with van der Waals surface area (Å²) < 4.78 is 6.79. The van der Waals surface area contributed by atoms with Gasteiger partial charge in [0.2, 0.25) is 0 Å². The minimum Gasteiger partial charge on any atom is -0.496 e. The maximum atomic E-state index is 12.0. The molecule has 0 bridgehead atoms. The van der Waals surface area contributed by atoms with Crippen LogP contribution in [0.25, 0.3) is 0 Å². The number of ether oxygens (including phenoxy) is 1. The minimum atomic E-state index is -0.287. The molecule has 0 heterocycles. The van der Waals surface area contributed by atoms with Gasteiger partial charge in [-0.25, -0.2) is 5.43 Å². The van der Waals surface area contributed by atoms with Crippen molar-refractivity contribution in [1.82, 2.24) is 5.43 Å². The van der Waals surface area contributed by atoms with Crippen LogP contribution in [0.5, 0.6) is 5.75 Å². The third-order valence-corrected chi connectivity index (χ3v) is 3.76. The largest absolute Gasteiger partial charge is 0.496 e. The first-order valence-electron chi connectivity index (χ1n) is 6.02. The standard InChI is InChI=1S/C15H12Br2N2O2/c1-21-14-6-5-11(8-13(14)17)15(20)19-18-9-10-3-2-4-12(16)7-10/h2-9H,1H3,(H,19,20)/b18-9+. The molecule has 1 amide bonds. The first-order valence-corrected chi connectivity index (χ1v) is 7.61. The van der Waals surface area contributed by atoms with Crippen LogP contribution >= 0.6 is 31.9 Å². The molecule has 0 atom stereocenters. The molecule has 0 saturated carbocycles. The van der Waals surface area contributed by atoms with Gasteiger partial charge in [-0.05, 0) is 51.8 Å². The number of hydrogen-bond acceptors (Lipinski definition) is 3. The Balaban J connectivity index is 2.03. The number of methoxy groups -OCH3 is 1. The number of carbonyl (C=O) groups is 1. The van der Waals surface area contributed by atoms with Crippen molar-refractivity contribution in [2.24, 2.45) is 5.10 Å². The number of hydrazone groups is 1. The van der Waals surface area contributed by atoms with Crippen molar-refractivity contribution >= 4 is 44.0 Å². The summed E-state index contributed by atoms with van der Waals surface area (Å²) in [6, 6.07) is 12.7. The van der Waals surface area contributed by atoms with Gasteiger partial charge in [0.15, 0.2) is 0 Å². The van der Waals surface area contributed by atoms with Gasteiger partial charge in [0.25, 0.3) is 5.91 Å². The number of rotatable bonds is 4. The molecule has 0 aromatic heterocycles. The Morgan fingerprint density at radius 2 is 2.05 bits per heavy atom. The van der Waals surface area contributed by atoms with E-state index >= 15 is 0 Å². The summed E-state index contributed by atoms with van der Waals surface area (Å²) in [6.07, 6.45) is 1.58. The zero-order valence-electron chi connectivity index (χ0n) is 11.1. The van der Waals surface area contributed by atoms with Crippen LogP contribution in [-0.2, 0) is 0 Å². The average molecular weight is 412 g/mol. The second-order valence-electron chi connectivity index (χ2n) is 4.10. The summed E-state index contributed by atoms with van der Waals surface area (Å²) in [6.45, 7) is 0. The smallest absolute Gasteiger partial charge is 0.271 e. The van der Waals surface area contributed by atoms with Crippen LogP contribution < -0.4 is 10.2 Å². The summed E-state index contributed by atoms with van der Waals surface area (Å²) in [7, 11) is 1.57. The Morgan fingerprint density at radius 1 is 1.24 bits per heavy atom. The Labute approximate surface area is 139 Å². The van der Waals surface area contributed by atoms with E-state index in [1.54, 1.807) is 31.5 Å². The van der Waals surface area contributed by atoms with Crippen LogP contribution in [0.2, 0.25) is 0 Å². The molecular weight excluding hydrogens is 400 g/mol. The maximum Gasteiger partial charge on any atom is 0.271 e. The van der Waals surface area contributed by atoms with E-state index in [4.69, 9.17) is 4.74 Å². The van der Waals surface area contributed by atoms with E-state index in [1.165, 1.54) is 0 Å². The highest BCUT2D eigenvalue weighted by Crippen LogP contribution is 2.25. The fourth-order valence-electron chi connectivity index (χ4n) is 1.62. The number of amides is 1. The Bertz CT molecular complexity index is 687. The summed E-state index contributed by atoms with van der Waals surface area (Å²) in [5.74, 6) is 0.383. The molecule has 6 heteroatoms. The minimum absolute atomic E-state index is 0.287. The molecule has 2 rings (SSSR count). The fraction of sp³-hybridized carbons (Fsp3) is 0.0667. The Kier molecular flexibility index (Phi) is 5.52. The van der Waals surface area contributed by atoms with Gasteiger partial charge in [-0.3, -0.25) is 4.79 Å². The van der Waals surface area contributed by atoms with E-state index in [2.05, 4.69) is 42.4 Å². The van der Waals surface area contributed by atoms with Crippen LogP contribution in [0.4, 0.5) is 0 Å². The quantitative estimate of drug-likeness (QED) is 0.610. The molecule has 2 aromatic rings. The van der Waals surface area contributed by atoms with E-state index < -0.39 is 0 Å². The van der Waals surface area contributed by atoms with Crippen molar-refractivity contribution in [2.45, 2.75) is 0 Å². The van der Waals surface area contributed by atoms with Crippen molar-refractivity contribution < 1.29 is 9.53 Å². The zero-order valence-corrected chi connectivity index (χ0v) is 14.3. The van der Waals surface area contributed by atoms with Gasteiger partial charge >= 0.3 is 0 Å². The number of carbonyl (C=O) groups excluding carboxylic acids is 1. The lowest BCUT2D eigenvalue weighted by atomic mass is 10.2. The lowest BCUT2D eigenvalue weighted by Crippen LogP contribution is -2.17. The maximum absolute atomic E-state index is 12.0. The average Bonchev–Trinajstić information content (AvgIpc) is 2.47. The van der Waals surface area contributed by atoms with Crippen molar-refractivity contribution in [2.75, 3.05) is 7.11 Å². The predicted molar refractivity (Wildman–Crippen MR) is 89.9 cm³/mol. The van der Waals surface area contributed by atoms with Crippen LogP contribution in [0.15, 0.2) is 56.5 Å². The van der Waals surface area contributed by atoms with E-state index in [9.17, 15) is 4.79 Å². The van der Waals surface area contributed by atoms with Crippen molar-refractivity contribution in [3.8, 4) is 5.75 Å². The molecule has 0 aliphatic carbocycles. The van der Waals surface area contributed by atoms with Gasteiger partial charge < -0.3 is 4.74 Å². The van der Waals surface area contributed by atoms with E-state index in [0.717, 1.165) is 10.0 Å². The SMILES string of the molecule is COc1ccc(C(=O)N/N=C/c2cccc(Br)c2)cc1Br. The molecule has 1 N–H and O–H groups in total. The Morgan fingerprint density at radius 3 is 2.71 bits per heavy atom. The molecule has 0 saturated heterocycles. The molecule has 0 aliphatic heterocycles. The molecule has 0 aliphatic rings. The summed E-state index contributed by atoms with van der Waals surface area (Å²) in [4.78, 5) is 12.0. The highest BCUT2D eigenvalue weighted by Gasteiger charge is 2.07. The van der Waals surface area contributed by atoms with Gasteiger partial charge in [0, 0.05) is 10.0 Å². The highest BCUT2D eigenvalue weighted by atomic mass is 79.9. The van der Waals surface area contributed by atoms with Crippen LogP contribution in [-0.4, -0.2) is 19.2 Å². The van der Waals surface area contributed by atoms with E-state index in [-0.39, 0.29) is 5.91 Å². The molecule has 0 radical (unpaired) electrons. The van der Waals surface area contributed by atoms with Crippen molar-refractivity contribution in [3.05, 3.63) is 62.5 Å². The first kappa shape index (κ1) is 15.7. The second kappa shape index (κ2) is 7.38.